The molecule has 0 atom stereocenters. The Morgan fingerprint density at radius 1 is 1.33 bits per heavy atom. The summed E-state index contributed by atoms with van der Waals surface area (Å²) in [7, 11) is 0. The molecular formula is C14H16ClF4NO. The normalized spacial score (nSPS) is 11.8. The van der Waals surface area contributed by atoms with Gasteiger partial charge < -0.3 is 4.90 Å². The average Bonchev–Trinajstić information content (AvgIpc) is 2.37. The van der Waals surface area contributed by atoms with Crippen molar-refractivity contribution in [1.29, 1.82) is 0 Å². The number of hydrogen-bond acceptors (Lipinski definition) is 1. The first-order valence-electron chi connectivity index (χ1n) is 6.42. The monoisotopic (exact) mass is 325 g/mol. The van der Waals surface area contributed by atoms with Crippen molar-refractivity contribution in [2.24, 2.45) is 0 Å². The molecule has 1 rings (SSSR count). The third-order valence-electron chi connectivity index (χ3n) is 2.95. The number of hydrogen-bond donors (Lipinski definition) is 0. The van der Waals surface area contributed by atoms with E-state index in [4.69, 9.17) is 11.6 Å². The van der Waals surface area contributed by atoms with E-state index in [2.05, 4.69) is 0 Å². The van der Waals surface area contributed by atoms with E-state index in [1.807, 2.05) is 0 Å². The molecule has 0 radical (unpaired) electrons. The van der Waals surface area contributed by atoms with Crippen LogP contribution >= 0.6 is 11.6 Å². The Morgan fingerprint density at radius 3 is 2.43 bits per heavy atom. The SMILES string of the molecule is CC(C)N(CCCCl)C(=O)c1cccc(C(F)(F)F)c1F. The van der Waals surface area contributed by atoms with E-state index in [1.54, 1.807) is 13.8 Å². The lowest BCUT2D eigenvalue weighted by molar-refractivity contribution is -0.140. The van der Waals surface area contributed by atoms with Gasteiger partial charge in [-0.2, -0.15) is 13.2 Å². The zero-order valence-corrected chi connectivity index (χ0v) is 12.4. The van der Waals surface area contributed by atoms with Gasteiger partial charge in [-0.05, 0) is 32.4 Å². The molecule has 0 fully saturated rings. The number of halogens is 5. The molecule has 7 heteroatoms. The van der Waals surface area contributed by atoms with Crippen LogP contribution in [0.4, 0.5) is 17.6 Å². The Hall–Kier alpha value is -1.30. The van der Waals surface area contributed by atoms with Gasteiger partial charge in [-0.1, -0.05) is 6.07 Å². The summed E-state index contributed by atoms with van der Waals surface area (Å²) in [6.45, 7) is 3.67. The molecule has 0 saturated carbocycles. The third kappa shape index (κ3) is 4.33. The summed E-state index contributed by atoms with van der Waals surface area (Å²) in [6, 6.07) is 2.43. The van der Waals surface area contributed by atoms with Crippen molar-refractivity contribution in [3.8, 4) is 0 Å². The Kier molecular flexibility index (Phi) is 6.01. The summed E-state index contributed by atoms with van der Waals surface area (Å²) in [5, 5.41) is 0. The Balaban J connectivity index is 3.17. The van der Waals surface area contributed by atoms with Crippen molar-refractivity contribution in [1.82, 2.24) is 4.90 Å². The minimum absolute atomic E-state index is 0.260. The quantitative estimate of drug-likeness (QED) is 0.583. The van der Waals surface area contributed by atoms with E-state index in [9.17, 15) is 22.4 Å². The summed E-state index contributed by atoms with van der Waals surface area (Å²) in [6.07, 6.45) is -4.36. The Labute approximate surface area is 125 Å². The van der Waals surface area contributed by atoms with Crippen LogP contribution in [0, 0.1) is 5.82 Å². The van der Waals surface area contributed by atoms with Gasteiger partial charge >= 0.3 is 6.18 Å². The zero-order valence-electron chi connectivity index (χ0n) is 11.7. The van der Waals surface area contributed by atoms with Gasteiger partial charge in [0.2, 0.25) is 0 Å². The number of carbonyl (C=O) groups excluding carboxylic acids is 1. The fraction of sp³-hybridized carbons (Fsp3) is 0.500. The van der Waals surface area contributed by atoms with Gasteiger partial charge in [-0.15, -0.1) is 11.6 Å². The van der Waals surface area contributed by atoms with E-state index in [-0.39, 0.29) is 12.6 Å². The average molecular weight is 326 g/mol. The molecule has 2 nitrogen and oxygen atoms in total. The maximum absolute atomic E-state index is 14.0. The molecule has 21 heavy (non-hydrogen) atoms. The molecule has 118 valence electrons. The summed E-state index contributed by atoms with van der Waals surface area (Å²) in [5.41, 5.74) is -2.01. The molecular weight excluding hydrogens is 310 g/mol. The van der Waals surface area contributed by atoms with Crippen LogP contribution < -0.4 is 0 Å². The van der Waals surface area contributed by atoms with Gasteiger partial charge in [-0.3, -0.25) is 4.79 Å². The molecule has 1 amide bonds. The van der Waals surface area contributed by atoms with Crippen molar-refractivity contribution < 1.29 is 22.4 Å². The lowest BCUT2D eigenvalue weighted by atomic mass is 10.1. The molecule has 0 N–H and O–H groups in total. The zero-order chi connectivity index (χ0) is 16.2. The van der Waals surface area contributed by atoms with E-state index in [0.29, 0.717) is 18.4 Å². The fourth-order valence-electron chi connectivity index (χ4n) is 1.90. The van der Waals surface area contributed by atoms with Gasteiger partial charge in [0.05, 0.1) is 11.1 Å². The Morgan fingerprint density at radius 2 is 1.95 bits per heavy atom. The van der Waals surface area contributed by atoms with E-state index in [1.165, 1.54) is 4.90 Å². The second-order valence-electron chi connectivity index (χ2n) is 4.80. The fourth-order valence-corrected chi connectivity index (χ4v) is 2.01. The van der Waals surface area contributed by atoms with E-state index < -0.39 is 29.0 Å². The van der Waals surface area contributed by atoms with Crippen LogP contribution in [0.5, 0.6) is 0 Å². The highest BCUT2D eigenvalue weighted by Crippen LogP contribution is 2.32. The van der Waals surface area contributed by atoms with Crippen molar-refractivity contribution >= 4 is 17.5 Å². The van der Waals surface area contributed by atoms with Crippen molar-refractivity contribution in [2.75, 3.05) is 12.4 Å². The minimum atomic E-state index is -4.83. The molecule has 0 unspecified atom stereocenters. The first-order chi connectivity index (χ1) is 9.70. The smallest absolute Gasteiger partial charge is 0.336 e. The molecule has 0 bridgehead atoms. The molecule has 0 aliphatic carbocycles. The molecule has 0 heterocycles. The van der Waals surface area contributed by atoms with Gasteiger partial charge in [-0.25, -0.2) is 4.39 Å². The first kappa shape index (κ1) is 17.8. The van der Waals surface area contributed by atoms with Gasteiger partial charge in [0, 0.05) is 18.5 Å². The standard InChI is InChI=1S/C14H16ClF4NO/c1-9(2)20(8-4-7-15)13(21)10-5-3-6-11(12(10)16)14(17,18)19/h3,5-6,9H,4,7-8H2,1-2H3. The molecule has 0 aliphatic heterocycles. The van der Waals surface area contributed by atoms with Crippen LogP contribution in [0.2, 0.25) is 0 Å². The summed E-state index contributed by atoms with van der Waals surface area (Å²) >= 11 is 5.56. The molecule has 0 saturated heterocycles. The number of nitrogens with zero attached hydrogens (tertiary/aromatic N) is 1. The van der Waals surface area contributed by atoms with Crippen molar-refractivity contribution in [3.63, 3.8) is 0 Å². The lowest BCUT2D eigenvalue weighted by Crippen LogP contribution is -2.38. The third-order valence-corrected chi connectivity index (χ3v) is 3.22. The molecule has 0 spiro atoms. The lowest BCUT2D eigenvalue weighted by Gasteiger charge is -2.27. The minimum Gasteiger partial charge on any atom is -0.336 e. The van der Waals surface area contributed by atoms with Crippen LogP contribution in [0.1, 0.15) is 36.2 Å². The second-order valence-corrected chi connectivity index (χ2v) is 5.18. The highest BCUT2D eigenvalue weighted by Gasteiger charge is 2.36. The van der Waals surface area contributed by atoms with Gasteiger partial charge in [0.15, 0.2) is 0 Å². The molecule has 0 aromatic heterocycles. The van der Waals surface area contributed by atoms with Crippen LogP contribution in [0.25, 0.3) is 0 Å². The number of alkyl halides is 4. The van der Waals surface area contributed by atoms with Gasteiger partial charge in [0.1, 0.15) is 5.82 Å². The van der Waals surface area contributed by atoms with Crippen molar-refractivity contribution in [3.05, 3.63) is 35.1 Å². The highest BCUT2D eigenvalue weighted by atomic mass is 35.5. The number of benzene rings is 1. The predicted octanol–water partition coefficient (Wildman–Crippen LogP) is 4.32. The maximum atomic E-state index is 14.0. The largest absolute Gasteiger partial charge is 0.419 e. The molecule has 1 aromatic carbocycles. The predicted molar refractivity (Wildman–Crippen MR) is 72.9 cm³/mol. The van der Waals surface area contributed by atoms with Crippen LogP contribution in [-0.2, 0) is 6.18 Å². The summed E-state index contributed by atoms with van der Waals surface area (Å²) < 4.78 is 52.0. The van der Waals surface area contributed by atoms with Crippen LogP contribution in [-0.4, -0.2) is 29.3 Å². The second kappa shape index (κ2) is 7.11. The molecule has 1 aromatic rings. The maximum Gasteiger partial charge on any atom is 0.419 e. The van der Waals surface area contributed by atoms with Gasteiger partial charge in [0.25, 0.3) is 5.91 Å². The van der Waals surface area contributed by atoms with E-state index in [0.717, 1.165) is 12.1 Å². The number of amides is 1. The number of rotatable bonds is 5. The number of carbonyl (C=O) groups is 1. The van der Waals surface area contributed by atoms with E-state index >= 15 is 0 Å². The highest BCUT2D eigenvalue weighted by molar-refractivity contribution is 6.17. The van der Waals surface area contributed by atoms with Crippen molar-refractivity contribution in [2.45, 2.75) is 32.5 Å². The molecule has 0 aliphatic rings. The van der Waals surface area contributed by atoms with Crippen LogP contribution in [0.3, 0.4) is 0 Å². The topological polar surface area (TPSA) is 20.3 Å². The first-order valence-corrected chi connectivity index (χ1v) is 6.96. The summed E-state index contributed by atoms with van der Waals surface area (Å²) in [5.74, 6) is -1.99. The summed E-state index contributed by atoms with van der Waals surface area (Å²) in [4.78, 5) is 13.6. The van der Waals surface area contributed by atoms with Crippen LogP contribution in [0.15, 0.2) is 18.2 Å². The Bertz CT molecular complexity index is 502.